The minimum absolute atomic E-state index is 0.656. The molecule has 2 aromatic carbocycles. The van der Waals surface area contributed by atoms with E-state index in [1.165, 1.54) is 29.7 Å². The lowest BCUT2D eigenvalue weighted by Gasteiger charge is -2.10. The Labute approximate surface area is 149 Å². The lowest BCUT2D eigenvalue weighted by atomic mass is 9.94. The maximum atomic E-state index is 4.04. The summed E-state index contributed by atoms with van der Waals surface area (Å²) < 4.78 is 0. The van der Waals surface area contributed by atoms with Crippen molar-refractivity contribution in [2.75, 3.05) is 17.2 Å². The first-order valence-corrected chi connectivity index (χ1v) is 8.97. The molecule has 4 rings (SSSR count). The standard InChI is InChI=1S/C22H23N3/c1-2-7-22-21(6-1)18(16-24-22)5-3-4-17-8-10-19(11-9-17)25-20-12-14-23-15-13-20/h1-2,6-15,18,24H,3-5,16H2,(H,23,25). The molecule has 1 unspecified atom stereocenters. The van der Waals surface area contributed by atoms with Crippen LogP contribution in [0.1, 0.15) is 29.9 Å². The monoisotopic (exact) mass is 329 g/mol. The van der Waals surface area contributed by atoms with Gasteiger partial charge in [0.25, 0.3) is 0 Å². The maximum absolute atomic E-state index is 4.04. The van der Waals surface area contributed by atoms with E-state index in [1.54, 1.807) is 12.4 Å². The van der Waals surface area contributed by atoms with Gasteiger partial charge < -0.3 is 10.6 Å². The van der Waals surface area contributed by atoms with Crippen LogP contribution in [0.5, 0.6) is 0 Å². The van der Waals surface area contributed by atoms with Crippen molar-refractivity contribution in [1.82, 2.24) is 4.98 Å². The number of rotatable bonds is 6. The van der Waals surface area contributed by atoms with Crippen molar-refractivity contribution in [2.24, 2.45) is 0 Å². The fourth-order valence-electron chi connectivity index (χ4n) is 3.52. The van der Waals surface area contributed by atoms with E-state index < -0.39 is 0 Å². The molecule has 25 heavy (non-hydrogen) atoms. The van der Waals surface area contributed by atoms with Crippen molar-refractivity contribution in [3.63, 3.8) is 0 Å². The molecule has 2 heterocycles. The van der Waals surface area contributed by atoms with Gasteiger partial charge in [0.1, 0.15) is 0 Å². The highest BCUT2D eigenvalue weighted by Crippen LogP contribution is 2.34. The highest BCUT2D eigenvalue weighted by Gasteiger charge is 2.20. The minimum Gasteiger partial charge on any atom is -0.384 e. The van der Waals surface area contributed by atoms with Gasteiger partial charge in [-0.1, -0.05) is 30.3 Å². The Morgan fingerprint density at radius 3 is 2.52 bits per heavy atom. The molecule has 0 saturated heterocycles. The number of para-hydroxylation sites is 1. The van der Waals surface area contributed by atoms with Crippen molar-refractivity contribution in [3.8, 4) is 0 Å². The van der Waals surface area contributed by atoms with Crippen LogP contribution >= 0.6 is 0 Å². The second-order valence-electron chi connectivity index (χ2n) is 6.62. The summed E-state index contributed by atoms with van der Waals surface area (Å²) >= 11 is 0. The highest BCUT2D eigenvalue weighted by atomic mass is 14.9. The minimum atomic E-state index is 0.656. The molecule has 0 aliphatic carbocycles. The fraction of sp³-hybridized carbons (Fsp3) is 0.227. The van der Waals surface area contributed by atoms with Gasteiger partial charge in [-0.2, -0.15) is 0 Å². The Morgan fingerprint density at radius 1 is 0.920 bits per heavy atom. The molecule has 0 bridgehead atoms. The number of nitrogens with one attached hydrogen (secondary N) is 2. The number of nitrogens with zero attached hydrogens (tertiary/aromatic N) is 1. The second-order valence-corrected chi connectivity index (χ2v) is 6.62. The van der Waals surface area contributed by atoms with Crippen LogP contribution in [0.25, 0.3) is 0 Å². The fourth-order valence-corrected chi connectivity index (χ4v) is 3.52. The topological polar surface area (TPSA) is 37.0 Å². The molecule has 126 valence electrons. The molecule has 1 aromatic heterocycles. The predicted octanol–water partition coefficient (Wildman–Crippen LogP) is 5.36. The van der Waals surface area contributed by atoms with E-state index in [0.29, 0.717) is 5.92 Å². The average Bonchev–Trinajstić information content (AvgIpc) is 3.07. The number of hydrogen-bond donors (Lipinski definition) is 2. The van der Waals surface area contributed by atoms with Crippen molar-refractivity contribution in [1.29, 1.82) is 0 Å². The van der Waals surface area contributed by atoms with Crippen molar-refractivity contribution >= 4 is 17.1 Å². The normalized spacial score (nSPS) is 15.4. The third-order valence-corrected chi connectivity index (χ3v) is 4.88. The van der Waals surface area contributed by atoms with Gasteiger partial charge in [0, 0.05) is 41.9 Å². The first-order chi connectivity index (χ1) is 12.4. The van der Waals surface area contributed by atoms with Crippen LogP contribution in [0, 0.1) is 0 Å². The van der Waals surface area contributed by atoms with Gasteiger partial charge >= 0.3 is 0 Å². The summed E-state index contributed by atoms with van der Waals surface area (Å²) in [7, 11) is 0. The van der Waals surface area contributed by atoms with Gasteiger partial charge in [-0.15, -0.1) is 0 Å². The highest BCUT2D eigenvalue weighted by molar-refractivity contribution is 5.59. The molecule has 3 heteroatoms. The number of benzene rings is 2. The maximum Gasteiger partial charge on any atom is 0.0415 e. The van der Waals surface area contributed by atoms with E-state index >= 15 is 0 Å². The molecule has 0 radical (unpaired) electrons. The van der Waals surface area contributed by atoms with Gasteiger partial charge in [0.2, 0.25) is 0 Å². The van der Waals surface area contributed by atoms with Crippen molar-refractivity contribution in [2.45, 2.75) is 25.2 Å². The Bertz CT molecular complexity index is 812. The first kappa shape index (κ1) is 15.7. The Hall–Kier alpha value is -2.81. The molecule has 1 atom stereocenters. The van der Waals surface area contributed by atoms with Crippen LogP contribution in [0.2, 0.25) is 0 Å². The van der Waals surface area contributed by atoms with Crippen LogP contribution in [0.15, 0.2) is 73.1 Å². The lowest BCUT2D eigenvalue weighted by molar-refractivity contribution is 0.631. The quantitative estimate of drug-likeness (QED) is 0.639. The zero-order valence-electron chi connectivity index (χ0n) is 14.3. The Balaban J connectivity index is 1.29. The van der Waals surface area contributed by atoms with Crippen LogP contribution in [-0.4, -0.2) is 11.5 Å². The molecule has 0 saturated carbocycles. The summed E-state index contributed by atoms with van der Waals surface area (Å²) in [4.78, 5) is 4.04. The van der Waals surface area contributed by atoms with E-state index in [1.807, 2.05) is 12.1 Å². The van der Waals surface area contributed by atoms with Crippen LogP contribution < -0.4 is 10.6 Å². The number of hydrogen-bond acceptors (Lipinski definition) is 3. The van der Waals surface area contributed by atoms with E-state index in [2.05, 4.69) is 64.1 Å². The molecular weight excluding hydrogens is 306 g/mol. The number of anilines is 3. The molecule has 0 amide bonds. The SMILES string of the molecule is c1ccc2c(c1)NCC2CCCc1ccc(Nc2ccncc2)cc1. The summed E-state index contributed by atoms with van der Waals surface area (Å²) in [6, 6.07) is 21.4. The van der Waals surface area contributed by atoms with E-state index in [9.17, 15) is 0 Å². The molecular formula is C22H23N3. The number of aromatic nitrogens is 1. The summed E-state index contributed by atoms with van der Waals surface area (Å²) in [5, 5.41) is 6.91. The van der Waals surface area contributed by atoms with Crippen LogP contribution in [-0.2, 0) is 6.42 Å². The largest absolute Gasteiger partial charge is 0.384 e. The second kappa shape index (κ2) is 7.39. The lowest BCUT2D eigenvalue weighted by Crippen LogP contribution is -2.02. The predicted molar refractivity (Wildman–Crippen MR) is 105 cm³/mol. The third kappa shape index (κ3) is 3.82. The van der Waals surface area contributed by atoms with Gasteiger partial charge in [0.05, 0.1) is 0 Å². The van der Waals surface area contributed by atoms with Gasteiger partial charge in [-0.25, -0.2) is 0 Å². The van der Waals surface area contributed by atoms with Gasteiger partial charge in [0.15, 0.2) is 0 Å². The molecule has 2 N–H and O–H groups in total. The summed E-state index contributed by atoms with van der Waals surface area (Å²) in [5.74, 6) is 0.656. The molecule has 3 aromatic rings. The molecule has 0 fully saturated rings. The molecule has 0 spiro atoms. The number of fused-ring (bicyclic) bond motifs is 1. The molecule has 1 aliphatic heterocycles. The van der Waals surface area contributed by atoms with Crippen molar-refractivity contribution in [3.05, 3.63) is 84.2 Å². The summed E-state index contributed by atoms with van der Waals surface area (Å²) in [6.07, 6.45) is 7.19. The average molecular weight is 329 g/mol. The van der Waals surface area contributed by atoms with Crippen molar-refractivity contribution < 1.29 is 0 Å². The number of pyridine rings is 1. The van der Waals surface area contributed by atoms with Gasteiger partial charge in [-0.3, -0.25) is 4.98 Å². The number of aryl methyl sites for hydroxylation is 1. The first-order valence-electron chi connectivity index (χ1n) is 8.97. The zero-order chi connectivity index (χ0) is 16.9. The summed E-state index contributed by atoms with van der Waals surface area (Å²) in [5.41, 5.74) is 6.39. The van der Waals surface area contributed by atoms with Gasteiger partial charge in [-0.05, 0) is 60.7 Å². The van der Waals surface area contributed by atoms with E-state index in [0.717, 1.165) is 24.3 Å². The van der Waals surface area contributed by atoms with E-state index in [4.69, 9.17) is 0 Å². The van der Waals surface area contributed by atoms with Crippen LogP contribution in [0.3, 0.4) is 0 Å². The Morgan fingerprint density at radius 2 is 1.68 bits per heavy atom. The third-order valence-electron chi connectivity index (χ3n) is 4.88. The Kier molecular flexibility index (Phi) is 4.64. The molecule has 1 aliphatic rings. The smallest absolute Gasteiger partial charge is 0.0415 e. The molecule has 3 nitrogen and oxygen atoms in total. The van der Waals surface area contributed by atoms with E-state index in [-0.39, 0.29) is 0 Å². The zero-order valence-corrected chi connectivity index (χ0v) is 14.3. The van der Waals surface area contributed by atoms with Crippen LogP contribution in [0.4, 0.5) is 17.1 Å². The summed E-state index contributed by atoms with van der Waals surface area (Å²) in [6.45, 7) is 1.08.